The Morgan fingerprint density at radius 2 is 1.38 bits per heavy atom. The van der Waals surface area contributed by atoms with Crippen LogP contribution in [0.25, 0.3) is 22.4 Å². The minimum atomic E-state index is -4.70. The summed E-state index contributed by atoms with van der Waals surface area (Å²) in [7, 11) is 0. The van der Waals surface area contributed by atoms with Crippen molar-refractivity contribution in [1.82, 2.24) is 48.3 Å². The maximum absolute atomic E-state index is 12.0. The third kappa shape index (κ3) is 10.1. The third-order valence-electron chi connectivity index (χ3n) is 10.5. The summed E-state index contributed by atoms with van der Waals surface area (Å²) >= 11 is 5.92. The molecule has 0 amide bonds. The number of aromatic nitrogens is 10. The SMILES string of the molecule is Cc1cccc(-n2cnc(Nc3nc(N4CCC[C@H]4CO)c4cccn4n3)c2)c1.Nc1cn(-c2cccc(OC(F)(F)F)c2)cn1.OC[C@@H]1CCCN1c1nc(Cl)nn2cccc12. The highest BCUT2D eigenvalue weighted by atomic mass is 35.5. The maximum atomic E-state index is 12.0. The average Bonchev–Trinajstić information content (AvgIpc) is 4.12. The molecular formula is C42H44ClF3N14O3. The van der Waals surface area contributed by atoms with Crippen molar-refractivity contribution in [2.24, 2.45) is 0 Å². The first-order valence-corrected chi connectivity index (χ1v) is 20.5. The van der Waals surface area contributed by atoms with E-state index in [1.807, 2.05) is 64.1 Å². The van der Waals surface area contributed by atoms with Crippen LogP contribution in [0.2, 0.25) is 5.28 Å². The van der Waals surface area contributed by atoms with Gasteiger partial charge in [0, 0.05) is 37.2 Å². The van der Waals surface area contributed by atoms with Crippen molar-refractivity contribution < 1.29 is 28.1 Å². The van der Waals surface area contributed by atoms with E-state index in [4.69, 9.17) is 22.3 Å². The number of nitrogens with one attached hydrogen (secondary N) is 1. The number of halogens is 4. The van der Waals surface area contributed by atoms with Gasteiger partial charge in [0.05, 0.1) is 43.4 Å². The standard InChI is InChI=1S/C21H23N7O.C11H13ClN4O.C10H8F3N3O/c1-15-5-2-6-16(11-15)26-12-19(22-14-26)23-21-24-20(18-8-4-10-28(18)25-21)27-9-3-7-17(27)13-29;12-11-13-10(9-4-2-6-16(9)14-11)15-5-1-3-8(15)7-17;11-10(12,13)17-8-3-1-2-7(4-8)16-5-9(14)15-6-16/h2,4-6,8,10-12,14,17,29H,3,7,9,13H2,1H3,(H,23,25);2,4,6,8,17H,1,3,5,7H2;1-6H,14H2/t17-;8-;/m00./s1. The number of alkyl halides is 3. The Kier molecular flexibility index (Phi) is 12.6. The number of imidazole rings is 2. The number of aliphatic hydroxyl groups excluding tert-OH is 2. The van der Waals surface area contributed by atoms with Crippen molar-refractivity contribution in [2.75, 3.05) is 47.2 Å². The fourth-order valence-electron chi connectivity index (χ4n) is 7.65. The molecule has 328 valence electrons. The molecule has 10 rings (SSSR count). The van der Waals surface area contributed by atoms with Gasteiger partial charge < -0.3 is 44.9 Å². The van der Waals surface area contributed by atoms with E-state index in [2.05, 4.69) is 64.1 Å². The van der Waals surface area contributed by atoms with E-state index in [9.17, 15) is 23.4 Å². The molecule has 8 heterocycles. The van der Waals surface area contributed by atoms with Crippen molar-refractivity contribution >= 4 is 51.9 Å². The Balaban J connectivity index is 0.000000138. The summed E-state index contributed by atoms with van der Waals surface area (Å²) in [6, 6.07) is 21.8. The minimum absolute atomic E-state index is 0.0944. The summed E-state index contributed by atoms with van der Waals surface area (Å²) in [4.78, 5) is 21.6. The number of rotatable bonds is 9. The first-order chi connectivity index (χ1) is 30.4. The first kappa shape index (κ1) is 42.8. The predicted molar refractivity (Wildman–Crippen MR) is 232 cm³/mol. The molecule has 2 atom stereocenters. The molecule has 6 aromatic heterocycles. The van der Waals surface area contributed by atoms with Crippen LogP contribution in [0.1, 0.15) is 31.2 Å². The van der Waals surface area contributed by atoms with E-state index in [-0.39, 0.29) is 42.1 Å². The molecule has 2 saturated heterocycles. The lowest BCUT2D eigenvalue weighted by Gasteiger charge is -2.25. The van der Waals surface area contributed by atoms with E-state index >= 15 is 0 Å². The number of fused-ring (bicyclic) bond motifs is 2. The van der Waals surface area contributed by atoms with Gasteiger partial charge in [0.2, 0.25) is 11.2 Å². The zero-order valence-electron chi connectivity index (χ0n) is 34.0. The minimum Gasteiger partial charge on any atom is -0.406 e. The number of anilines is 5. The van der Waals surface area contributed by atoms with Crippen LogP contribution in [-0.4, -0.2) is 103 Å². The second kappa shape index (κ2) is 18.6. The Morgan fingerprint density at radius 1 is 0.778 bits per heavy atom. The van der Waals surface area contributed by atoms with Crippen molar-refractivity contribution in [3.05, 3.63) is 121 Å². The summed E-state index contributed by atoms with van der Waals surface area (Å²) in [6.45, 7) is 4.12. The van der Waals surface area contributed by atoms with E-state index < -0.39 is 6.36 Å². The van der Waals surface area contributed by atoms with E-state index in [1.165, 1.54) is 40.9 Å². The molecule has 0 saturated carbocycles. The predicted octanol–water partition coefficient (Wildman–Crippen LogP) is 6.63. The number of aliphatic hydroxyl groups is 2. The molecule has 0 bridgehead atoms. The number of hydrogen-bond donors (Lipinski definition) is 4. The highest BCUT2D eigenvalue weighted by molar-refractivity contribution is 6.28. The maximum Gasteiger partial charge on any atom is 0.573 e. The summed E-state index contributed by atoms with van der Waals surface area (Å²) in [6.07, 6.45) is 9.71. The third-order valence-corrected chi connectivity index (χ3v) is 10.7. The molecule has 0 unspecified atom stereocenters. The van der Waals surface area contributed by atoms with E-state index in [0.717, 1.165) is 67.1 Å². The molecule has 2 aliphatic heterocycles. The first-order valence-electron chi connectivity index (χ1n) is 20.1. The molecule has 0 aliphatic carbocycles. The van der Waals surface area contributed by atoms with Crippen molar-refractivity contribution in [3.8, 4) is 17.1 Å². The van der Waals surface area contributed by atoms with Crippen molar-refractivity contribution in [1.29, 1.82) is 0 Å². The zero-order chi connectivity index (χ0) is 44.1. The lowest BCUT2D eigenvalue weighted by atomic mass is 10.2. The number of aryl methyl sites for hydroxylation is 1. The Morgan fingerprint density at radius 3 is 2.00 bits per heavy atom. The molecule has 8 aromatic rings. The van der Waals surface area contributed by atoms with Gasteiger partial charge in [0.15, 0.2) is 17.5 Å². The van der Waals surface area contributed by atoms with Crippen LogP contribution in [0.3, 0.4) is 0 Å². The highest BCUT2D eigenvalue weighted by Gasteiger charge is 2.31. The molecule has 21 heteroatoms. The number of ether oxygens (including phenoxy) is 1. The van der Waals surface area contributed by atoms with Crippen LogP contribution in [0.4, 0.5) is 42.4 Å². The lowest BCUT2D eigenvalue weighted by molar-refractivity contribution is -0.274. The van der Waals surface area contributed by atoms with Gasteiger partial charge in [-0.3, -0.25) is 0 Å². The molecule has 5 N–H and O–H groups in total. The number of nitrogens with zero attached hydrogens (tertiary/aromatic N) is 12. The molecule has 63 heavy (non-hydrogen) atoms. The van der Waals surface area contributed by atoms with E-state index in [1.54, 1.807) is 16.9 Å². The Bertz CT molecular complexity index is 2790. The quantitative estimate of drug-likeness (QED) is 0.121. The van der Waals surface area contributed by atoms with Crippen LogP contribution in [-0.2, 0) is 0 Å². The van der Waals surface area contributed by atoms with Gasteiger partial charge in [-0.1, -0.05) is 18.2 Å². The lowest BCUT2D eigenvalue weighted by Crippen LogP contribution is -2.33. The van der Waals surface area contributed by atoms with Gasteiger partial charge in [0.1, 0.15) is 35.3 Å². The number of nitrogens with two attached hydrogens (primary N) is 1. The average molecular weight is 885 g/mol. The van der Waals surface area contributed by atoms with Gasteiger partial charge in [-0.2, -0.15) is 9.97 Å². The number of nitrogen functional groups attached to an aromatic ring is 1. The fourth-order valence-corrected chi connectivity index (χ4v) is 7.81. The Hall–Kier alpha value is -6.90. The van der Waals surface area contributed by atoms with Crippen LogP contribution < -0.4 is 25.6 Å². The van der Waals surface area contributed by atoms with Gasteiger partial charge in [-0.05, 0) is 98.3 Å². The molecule has 2 aromatic carbocycles. The van der Waals surface area contributed by atoms with Crippen LogP contribution >= 0.6 is 11.6 Å². The molecule has 2 aliphatic rings. The highest BCUT2D eigenvalue weighted by Crippen LogP contribution is 2.31. The largest absolute Gasteiger partial charge is 0.573 e. The molecule has 2 fully saturated rings. The monoisotopic (exact) mass is 884 g/mol. The second-order valence-electron chi connectivity index (χ2n) is 14.9. The summed E-state index contributed by atoms with van der Waals surface area (Å²) in [5, 5.41) is 31.2. The molecule has 0 radical (unpaired) electrons. The Labute approximate surface area is 363 Å². The zero-order valence-corrected chi connectivity index (χ0v) is 34.7. The number of hydrogen-bond acceptors (Lipinski definition) is 13. The summed E-state index contributed by atoms with van der Waals surface area (Å²) in [5.74, 6) is 2.79. The van der Waals surface area contributed by atoms with Gasteiger partial charge in [-0.25, -0.2) is 19.0 Å². The number of benzene rings is 2. The van der Waals surface area contributed by atoms with Gasteiger partial charge >= 0.3 is 6.36 Å². The second-order valence-corrected chi connectivity index (χ2v) is 15.2. The van der Waals surface area contributed by atoms with Gasteiger partial charge in [0.25, 0.3) is 0 Å². The summed E-state index contributed by atoms with van der Waals surface area (Å²) in [5.41, 5.74) is 10.00. The van der Waals surface area contributed by atoms with Crippen molar-refractivity contribution in [3.63, 3.8) is 0 Å². The molecule has 0 spiro atoms. The molecule has 17 nitrogen and oxygen atoms in total. The van der Waals surface area contributed by atoms with Crippen molar-refractivity contribution in [2.45, 2.75) is 51.1 Å². The fraction of sp³-hybridized carbons (Fsp3) is 0.286. The van der Waals surface area contributed by atoms with Crippen LogP contribution in [0, 0.1) is 6.92 Å². The molecular weight excluding hydrogens is 841 g/mol. The van der Waals surface area contributed by atoms with Crippen LogP contribution in [0.5, 0.6) is 5.75 Å². The topological polar surface area (TPSA) is 190 Å². The van der Waals surface area contributed by atoms with Gasteiger partial charge in [-0.15, -0.1) is 23.4 Å². The summed E-state index contributed by atoms with van der Waals surface area (Å²) < 4.78 is 46.9. The smallest absolute Gasteiger partial charge is 0.406 e. The van der Waals surface area contributed by atoms with Crippen LogP contribution in [0.15, 0.2) is 110 Å². The van der Waals surface area contributed by atoms with E-state index in [0.29, 0.717) is 17.5 Å². The normalized spacial score (nSPS) is 16.2.